The normalized spacial score (nSPS) is 20.8. The van der Waals surface area contributed by atoms with Crippen molar-refractivity contribution in [3.63, 3.8) is 0 Å². The molecule has 4 nitrogen and oxygen atoms in total. The Labute approximate surface area is 78.9 Å². The first-order valence-corrected chi connectivity index (χ1v) is 4.33. The van der Waals surface area contributed by atoms with Crippen LogP contribution in [0, 0.1) is 0 Å². The Morgan fingerprint density at radius 1 is 1.54 bits per heavy atom. The second-order valence-electron chi connectivity index (χ2n) is 2.95. The minimum absolute atomic E-state index is 0.178. The maximum Gasteiger partial charge on any atom is 0.142 e. The fraction of sp³-hybridized carbons (Fsp3) is 0.250. The summed E-state index contributed by atoms with van der Waals surface area (Å²) in [7, 11) is 0. The fourth-order valence-corrected chi connectivity index (χ4v) is 1.67. The first kappa shape index (κ1) is 7.29. The highest BCUT2D eigenvalue weighted by Crippen LogP contribution is 2.36. The predicted molar refractivity (Wildman–Crippen MR) is 47.6 cm³/mol. The van der Waals surface area contributed by atoms with E-state index in [1.54, 1.807) is 0 Å². The van der Waals surface area contributed by atoms with Gasteiger partial charge in [0.25, 0.3) is 0 Å². The Balaban J connectivity index is 2.34. The van der Waals surface area contributed by atoms with E-state index >= 15 is 0 Å². The predicted octanol–water partition coefficient (Wildman–Crippen LogP) is 1.68. The lowest BCUT2D eigenvalue weighted by Crippen LogP contribution is -1.83. The lowest BCUT2D eigenvalue weighted by Gasteiger charge is -1.93. The van der Waals surface area contributed by atoms with E-state index in [-0.39, 0.29) is 6.10 Å². The fourth-order valence-electron chi connectivity index (χ4n) is 1.43. The number of nitrogens with zero attached hydrogens (tertiary/aromatic N) is 2. The van der Waals surface area contributed by atoms with Crippen LogP contribution in [0.25, 0.3) is 11.0 Å². The second-order valence-corrected chi connectivity index (χ2v) is 3.31. The topological polar surface area (TPSA) is 54.1 Å². The van der Waals surface area contributed by atoms with E-state index in [2.05, 4.69) is 15.0 Å². The molecule has 1 atom stereocenters. The van der Waals surface area contributed by atoms with Crippen molar-refractivity contribution in [3.05, 3.63) is 23.2 Å². The van der Waals surface area contributed by atoms with Crippen LogP contribution >= 0.6 is 11.6 Å². The standard InChI is InChI=1S/C8H6ClN3O/c9-7-6-4(5-2-13-5)1-10-8(6)12-3-11-7/h1,3,5H,2H2,(H,10,11,12). The second kappa shape index (κ2) is 2.43. The number of aromatic nitrogens is 3. The van der Waals surface area contributed by atoms with Gasteiger partial charge in [-0.05, 0) is 0 Å². The quantitative estimate of drug-likeness (QED) is 0.557. The molecule has 0 aliphatic carbocycles. The third kappa shape index (κ3) is 1.03. The highest BCUT2D eigenvalue weighted by molar-refractivity contribution is 6.34. The van der Waals surface area contributed by atoms with Crippen molar-refractivity contribution in [2.24, 2.45) is 0 Å². The zero-order chi connectivity index (χ0) is 8.84. The van der Waals surface area contributed by atoms with Crippen LogP contribution in [0.2, 0.25) is 5.15 Å². The van der Waals surface area contributed by atoms with Crippen molar-refractivity contribution in [1.29, 1.82) is 0 Å². The lowest BCUT2D eigenvalue weighted by atomic mass is 10.2. The van der Waals surface area contributed by atoms with Crippen LogP contribution in [-0.4, -0.2) is 21.6 Å². The molecule has 0 spiro atoms. The third-order valence-electron chi connectivity index (χ3n) is 2.13. The molecular weight excluding hydrogens is 190 g/mol. The molecule has 1 aliphatic heterocycles. The Bertz CT molecular complexity index is 463. The number of fused-ring (bicyclic) bond motifs is 1. The van der Waals surface area contributed by atoms with Crippen LogP contribution in [0.15, 0.2) is 12.5 Å². The van der Waals surface area contributed by atoms with E-state index < -0.39 is 0 Å². The maximum absolute atomic E-state index is 5.95. The van der Waals surface area contributed by atoms with Gasteiger partial charge >= 0.3 is 0 Å². The molecule has 2 aromatic rings. The summed E-state index contributed by atoms with van der Waals surface area (Å²) in [6.07, 6.45) is 3.50. The Morgan fingerprint density at radius 3 is 3.15 bits per heavy atom. The average Bonchev–Trinajstić information content (AvgIpc) is 2.87. The number of ether oxygens (including phenoxy) is 1. The molecule has 3 heterocycles. The molecule has 1 fully saturated rings. The van der Waals surface area contributed by atoms with Gasteiger partial charge in [-0.25, -0.2) is 9.97 Å². The van der Waals surface area contributed by atoms with Crippen molar-refractivity contribution in [2.45, 2.75) is 6.10 Å². The highest BCUT2D eigenvalue weighted by Gasteiger charge is 2.28. The lowest BCUT2D eigenvalue weighted by molar-refractivity contribution is 0.417. The monoisotopic (exact) mass is 195 g/mol. The summed E-state index contributed by atoms with van der Waals surface area (Å²) in [5.74, 6) is 0. The first-order valence-electron chi connectivity index (χ1n) is 3.95. The Kier molecular flexibility index (Phi) is 1.36. The molecule has 0 radical (unpaired) electrons. The van der Waals surface area contributed by atoms with Crippen LogP contribution in [0.5, 0.6) is 0 Å². The van der Waals surface area contributed by atoms with Crippen LogP contribution in [0.3, 0.4) is 0 Å². The smallest absolute Gasteiger partial charge is 0.142 e. The largest absolute Gasteiger partial charge is 0.368 e. The van der Waals surface area contributed by atoms with Crippen LogP contribution in [0.1, 0.15) is 11.7 Å². The molecule has 0 bridgehead atoms. The number of H-pyrrole nitrogens is 1. The third-order valence-corrected chi connectivity index (χ3v) is 2.42. The number of hydrogen-bond donors (Lipinski definition) is 1. The molecule has 1 N–H and O–H groups in total. The minimum Gasteiger partial charge on any atom is -0.368 e. The van der Waals surface area contributed by atoms with Gasteiger partial charge in [-0.2, -0.15) is 0 Å². The molecule has 0 saturated carbocycles. The molecule has 3 rings (SSSR count). The summed E-state index contributed by atoms with van der Waals surface area (Å²) >= 11 is 5.95. The van der Waals surface area contributed by atoms with Crippen molar-refractivity contribution >= 4 is 22.6 Å². The van der Waals surface area contributed by atoms with Crippen molar-refractivity contribution in [3.8, 4) is 0 Å². The van der Waals surface area contributed by atoms with Gasteiger partial charge in [0.15, 0.2) is 0 Å². The van der Waals surface area contributed by atoms with Crippen LogP contribution in [-0.2, 0) is 4.74 Å². The molecule has 0 aromatic carbocycles. The van der Waals surface area contributed by atoms with Gasteiger partial charge in [0.1, 0.15) is 23.2 Å². The number of nitrogens with one attached hydrogen (secondary N) is 1. The SMILES string of the molecule is Clc1ncnc2[nH]cc(C3CO3)c12. The van der Waals surface area contributed by atoms with E-state index in [0.717, 1.165) is 23.2 Å². The molecule has 13 heavy (non-hydrogen) atoms. The number of aromatic amines is 1. The average molecular weight is 196 g/mol. The van der Waals surface area contributed by atoms with E-state index in [1.165, 1.54) is 6.33 Å². The van der Waals surface area contributed by atoms with E-state index in [9.17, 15) is 0 Å². The molecule has 1 unspecified atom stereocenters. The molecule has 5 heteroatoms. The van der Waals surface area contributed by atoms with E-state index in [0.29, 0.717) is 5.15 Å². The molecule has 2 aromatic heterocycles. The summed E-state index contributed by atoms with van der Waals surface area (Å²) < 4.78 is 5.18. The summed E-state index contributed by atoms with van der Waals surface area (Å²) in [6, 6.07) is 0. The Hall–Kier alpha value is -1.13. The van der Waals surface area contributed by atoms with E-state index in [4.69, 9.17) is 16.3 Å². The summed E-state index contributed by atoms with van der Waals surface area (Å²) in [5.41, 5.74) is 1.83. The van der Waals surface area contributed by atoms with Crippen molar-refractivity contribution in [1.82, 2.24) is 15.0 Å². The van der Waals surface area contributed by atoms with Crippen molar-refractivity contribution < 1.29 is 4.74 Å². The minimum atomic E-state index is 0.178. The van der Waals surface area contributed by atoms with Crippen LogP contribution in [0.4, 0.5) is 0 Å². The van der Waals surface area contributed by atoms with Crippen LogP contribution < -0.4 is 0 Å². The highest BCUT2D eigenvalue weighted by atomic mass is 35.5. The van der Waals surface area contributed by atoms with Gasteiger partial charge in [-0.15, -0.1) is 0 Å². The number of epoxide rings is 1. The van der Waals surface area contributed by atoms with Gasteiger partial charge in [0.2, 0.25) is 0 Å². The van der Waals surface area contributed by atoms with Gasteiger partial charge in [0.05, 0.1) is 12.0 Å². The zero-order valence-corrected chi connectivity index (χ0v) is 7.38. The van der Waals surface area contributed by atoms with E-state index in [1.807, 2.05) is 6.20 Å². The van der Waals surface area contributed by atoms with Gasteiger partial charge in [-0.1, -0.05) is 11.6 Å². The first-order chi connectivity index (χ1) is 6.36. The Morgan fingerprint density at radius 2 is 2.38 bits per heavy atom. The number of rotatable bonds is 1. The molecule has 66 valence electrons. The molecule has 0 amide bonds. The van der Waals surface area contributed by atoms with Gasteiger partial charge < -0.3 is 9.72 Å². The number of halogens is 1. The summed E-state index contributed by atoms with van der Waals surface area (Å²) in [6.45, 7) is 0.762. The maximum atomic E-state index is 5.95. The molecule has 1 aliphatic rings. The molecule has 1 saturated heterocycles. The van der Waals surface area contributed by atoms with Gasteiger partial charge in [-0.3, -0.25) is 0 Å². The summed E-state index contributed by atoms with van der Waals surface area (Å²) in [4.78, 5) is 11.0. The van der Waals surface area contributed by atoms with Crippen molar-refractivity contribution in [2.75, 3.05) is 6.61 Å². The summed E-state index contributed by atoms with van der Waals surface area (Å²) in [5, 5.41) is 1.36. The zero-order valence-electron chi connectivity index (χ0n) is 6.62. The van der Waals surface area contributed by atoms with Gasteiger partial charge in [0, 0.05) is 11.8 Å². The number of hydrogen-bond acceptors (Lipinski definition) is 3. The molecular formula is C8H6ClN3O.